The molecule has 0 amide bonds. The topological polar surface area (TPSA) is 120 Å². The van der Waals surface area contributed by atoms with Crippen molar-refractivity contribution in [2.45, 2.75) is 58.5 Å². The average Bonchev–Trinajstić information content (AvgIpc) is 2.67. The summed E-state index contributed by atoms with van der Waals surface area (Å²) in [6, 6.07) is 0. The molecular weight excluding hydrogens is 340 g/mol. The first-order valence-corrected chi connectivity index (χ1v) is 9.70. The SMILES string of the molecule is CCCOC(CCC)(CCC)C(CO)(CO)COCC(CO)(CO)CO. The van der Waals surface area contributed by atoms with Gasteiger partial charge in [-0.05, 0) is 19.3 Å². The highest BCUT2D eigenvalue weighted by Gasteiger charge is 2.51. The minimum atomic E-state index is -1.15. The van der Waals surface area contributed by atoms with Crippen LogP contribution < -0.4 is 0 Å². The number of ether oxygens (including phenoxy) is 2. The number of hydrogen-bond donors (Lipinski definition) is 5. The first kappa shape index (κ1) is 25.7. The fraction of sp³-hybridized carbons (Fsp3) is 1.00. The highest BCUT2D eigenvalue weighted by molar-refractivity contribution is 5.00. The van der Waals surface area contributed by atoms with Gasteiger partial charge in [0.15, 0.2) is 0 Å². The monoisotopic (exact) mass is 380 g/mol. The van der Waals surface area contributed by atoms with Gasteiger partial charge in [0.05, 0.1) is 62.7 Å². The molecule has 26 heavy (non-hydrogen) atoms. The molecule has 0 aliphatic carbocycles. The zero-order chi connectivity index (χ0) is 20.1. The summed E-state index contributed by atoms with van der Waals surface area (Å²) in [6.45, 7) is 4.64. The minimum absolute atomic E-state index is 0.00542. The van der Waals surface area contributed by atoms with Crippen molar-refractivity contribution < 1.29 is 35.0 Å². The lowest BCUT2D eigenvalue weighted by Gasteiger charge is -2.49. The molecule has 0 saturated heterocycles. The van der Waals surface area contributed by atoms with Gasteiger partial charge in [-0.3, -0.25) is 0 Å². The van der Waals surface area contributed by atoms with Crippen LogP contribution in [0.15, 0.2) is 0 Å². The van der Waals surface area contributed by atoms with Crippen molar-refractivity contribution in [2.75, 3.05) is 52.9 Å². The fourth-order valence-electron chi connectivity index (χ4n) is 3.37. The van der Waals surface area contributed by atoms with Crippen LogP contribution >= 0.6 is 0 Å². The van der Waals surface area contributed by atoms with Crippen LogP contribution in [0, 0.1) is 10.8 Å². The zero-order valence-corrected chi connectivity index (χ0v) is 16.7. The highest BCUT2D eigenvalue weighted by atomic mass is 16.5. The Morgan fingerprint density at radius 2 is 1.15 bits per heavy atom. The Morgan fingerprint density at radius 1 is 0.654 bits per heavy atom. The lowest BCUT2D eigenvalue weighted by Crippen LogP contribution is -2.58. The molecule has 0 aliphatic rings. The Kier molecular flexibility index (Phi) is 12.9. The normalized spacial score (nSPS) is 13.4. The maximum Gasteiger partial charge on any atom is 0.0804 e. The van der Waals surface area contributed by atoms with Crippen molar-refractivity contribution in [1.29, 1.82) is 0 Å². The van der Waals surface area contributed by atoms with Gasteiger partial charge in [-0.1, -0.05) is 33.6 Å². The molecule has 0 aromatic heterocycles. The van der Waals surface area contributed by atoms with Gasteiger partial charge in [-0.15, -0.1) is 0 Å². The summed E-state index contributed by atoms with van der Waals surface area (Å²) < 4.78 is 11.9. The predicted octanol–water partition coefficient (Wildman–Crippen LogP) is 0.703. The van der Waals surface area contributed by atoms with E-state index in [4.69, 9.17) is 9.47 Å². The number of hydrogen-bond acceptors (Lipinski definition) is 7. The Labute approximate surface area is 158 Å². The standard InChI is InChI=1S/C19H40O7/c1-4-7-19(8-5-2,26-9-6-3)18(13-23,14-24)16-25-15-17(10-20,11-21)12-22/h20-24H,4-16H2,1-3H3. The molecule has 0 heterocycles. The van der Waals surface area contributed by atoms with Crippen LogP contribution in [-0.2, 0) is 9.47 Å². The van der Waals surface area contributed by atoms with Gasteiger partial charge >= 0.3 is 0 Å². The Morgan fingerprint density at radius 3 is 1.50 bits per heavy atom. The number of rotatable bonds is 17. The molecule has 0 saturated carbocycles. The predicted molar refractivity (Wildman–Crippen MR) is 99.9 cm³/mol. The molecule has 7 nitrogen and oxygen atoms in total. The molecule has 0 spiro atoms. The van der Waals surface area contributed by atoms with Crippen molar-refractivity contribution in [1.82, 2.24) is 0 Å². The van der Waals surface area contributed by atoms with Crippen molar-refractivity contribution in [3.05, 3.63) is 0 Å². The van der Waals surface area contributed by atoms with Crippen molar-refractivity contribution >= 4 is 0 Å². The molecule has 0 bridgehead atoms. The van der Waals surface area contributed by atoms with Gasteiger partial charge in [0.1, 0.15) is 0 Å². The zero-order valence-electron chi connectivity index (χ0n) is 16.7. The van der Waals surface area contributed by atoms with Crippen LogP contribution in [0.1, 0.15) is 52.9 Å². The van der Waals surface area contributed by atoms with Gasteiger partial charge in [0.25, 0.3) is 0 Å². The van der Waals surface area contributed by atoms with E-state index in [1.54, 1.807) is 0 Å². The Hall–Kier alpha value is -0.280. The lowest BCUT2D eigenvalue weighted by atomic mass is 9.68. The van der Waals surface area contributed by atoms with E-state index in [1.165, 1.54) is 0 Å². The molecule has 158 valence electrons. The summed E-state index contributed by atoms with van der Waals surface area (Å²) in [5.74, 6) is 0. The summed E-state index contributed by atoms with van der Waals surface area (Å²) >= 11 is 0. The first-order chi connectivity index (χ1) is 12.4. The summed E-state index contributed by atoms with van der Waals surface area (Å²) in [7, 11) is 0. The maximum atomic E-state index is 10.2. The second-order valence-electron chi connectivity index (χ2n) is 7.41. The van der Waals surface area contributed by atoms with Crippen LogP contribution in [-0.4, -0.2) is 84.0 Å². The van der Waals surface area contributed by atoms with Crippen LogP contribution in [0.3, 0.4) is 0 Å². The van der Waals surface area contributed by atoms with Gasteiger partial charge in [0, 0.05) is 6.61 Å². The lowest BCUT2D eigenvalue weighted by molar-refractivity contribution is -0.205. The largest absolute Gasteiger partial charge is 0.396 e. The quantitative estimate of drug-likeness (QED) is 0.252. The molecule has 5 N–H and O–H groups in total. The van der Waals surface area contributed by atoms with Crippen LogP contribution in [0.25, 0.3) is 0 Å². The van der Waals surface area contributed by atoms with Gasteiger partial charge in [0.2, 0.25) is 0 Å². The van der Waals surface area contributed by atoms with Crippen molar-refractivity contribution in [2.24, 2.45) is 10.8 Å². The molecule has 0 unspecified atom stereocenters. The molecule has 0 aliphatic heterocycles. The smallest absolute Gasteiger partial charge is 0.0804 e. The van der Waals surface area contributed by atoms with E-state index in [-0.39, 0.29) is 26.4 Å². The van der Waals surface area contributed by atoms with E-state index < -0.39 is 36.3 Å². The molecule has 0 fully saturated rings. The number of aliphatic hydroxyl groups excluding tert-OH is 5. The third-order valence-corrected chi connectivity index (χ3v) is 5.25. The molecule has 0 aromatic rings. The van der Waals surface area contributed by atoms with Crippen LogP contribution in [0.4, 0.5) is 0 Å². The fourth-order valence-corrected chi connectivity index (χ4v) is 3.37. The molecular formula is C19H40O7. The van der Waals surface area contributed by atoms with Crippen LogP contribution in [0.5, 0.6) is 0 Å². The van der Waals surface area contributed by atoms with E-state index in [2.05, 4.69) is 0 Å². The molecule has 0 radical (unpaired) electrons. The van der Waals surface area contributed by atoms with E-state index in [0.29, 0.717) is 19.4 Å². The summed E-state index contributed by atoms with van der Waals surface area (Å²) in [4.78, 5) is 0. The van der Waals surface area contributed by atoms with Gasteiger partial charge in [-0.2, -0.15) is 0 Å². The molecule has 7 heteroatoms. The third kappa shape index (κ3) is 6.12. The van der Waals surface area contributed by atoms with E-state index in [9.17, 15) is 25.5 Å². The first-order valence-electron chi connectivity index (χ1n) is 9.70. The Balaban J connectivity index is 5.53. The second-order valence-corrected chi connectivity index (χ2v) is 7.41. The summed E-state index contributed by atoms with van der Waals surface area (Å²) in [5, 5.41) is 48.7. The molecule has 0 aromatic carbocycles. The van der Waals surface area contributed by atoms with E-state index in [1.807, 2.05) is 20.8 Å². The summed E-state index contributed by atoms with van der Waals surface area (Å²) in [5.41, 5.74) is -2.89. The third-order valence-electron chi connectivity index (χ3n) is 5.25. The van der Waals surface area contributed by atoms with Gasteiger partial charge in [-0.25, -0.2) is 0 Å². The maximum absolute atomic E-state index is 10.2. The van der Waals surface area contributed by atoms with E-state index in [0.717, 1.165) is 19.3 Å². The Bertz CT molecular complexity index is 327. The van der Waals surface area contributed by atoms with Crippen molar-refractivity contribution in [3.63, 3.8) is 0 Å². The number of aliphatic hydroxyl groups is 5. The van der Waals surface area contributed by atoms with Gasteiger partial charge < -0.3 is 35.0 Å². The molecule has 0 rings (SSSR count). The highest BCUT2D eigenvalue weighted by Crippen LogP contribution is 2.42. The van der Waals surface area contributed by atoms with E-state index >= 15 is 0 Å². The van der Waals surface area contributed by atoms with Crippen molar-refractivity contribution in [3.8, 4) is 0 Å². The summed E-state index contributed by atoms with van der Waals surface area (Å²) in [6.07, 6.45) is 3.84. The molecule has 0 atom stereocenters. The second kappa shape index (κ2) is 13.0. The average molecular weight is 381 g/mol. The van der Waals surface area contributed by atoms with Crippen LogP contribution in [0.2, 0.25) is 0 Å². The minimum Gasteiger partial charge on any atom is -0.396 e.